The van der Waals surface area contributed by atoms with E-state index in [-0.39, 0.29) is 28.6 Å². The zero-order chi connectivity index (χ0) is 21.8. The number of halogens is 1. The molecule has 0 spiro atoms. The van der Waals surface area contributed by atoms with Gasteiger partial charge in [0.15, 0.2) is 0 Å². The summed E-state index contributed by atoms with van der Waals surface area (Å²) in [5.74, 6) is -0.292. The number of carbonyl (C=O) groups is 3. The molecule has 1 aliphatic carbocycles. The maximum absolute atomic E-state index is 12.8. The number of imide groups is 1. The van der Waals surface area contributed by atoms with E-state index >= 15 is 0 Å². The summed E-state index contributed by atoms with van der Waals surface area (Å²) in [5.41, 5.74) is 1.52. The molecule has 0 unspecified atom stereocenters. The molecule has 1 aliphatic heterocycles. The van der Waals surface area contributed by atoms with Crippen LogP contribution >= 0.6 is 11.6 Å². The predicted octanol–water partition coefficient (Wildman–Crippen LogP) is 3.45. The van der Waals surface area contributed by atoms with Crippen LogP contribution in [0.2, 0.25) is 0 Å². The highest BCUT2D eigenvalue weighted by atomic mass is 35.5. The Morgan fingerprint density at radius 3 is 2.45 bits per heavy atom. The van der Waals surface area contributed by atoms with Gasteiger partial charge in [-0.2, -0.15) is 0 Å². The molecule has 0 radical (unpaired) electrons. The molecule has 1 fully saturated rings. The van der Waals surface area contributed by atoms with Crippen LogP contribution in [0.4, 0.5) is 0 Å². The highest BCUT2D eigenvalue weighted by Crippen LogP contribution is 2.30. The first-order valence-corrected chi connectivity index (χ1v) is 10.8. The largest absolute Gasteiger partial charge is 0.467 e. The highest BCUT2D eigenvalue weighted by molar-refractivity contribution is 6.47. The zero-order valence-electron chi connectivity index (χ0n) is 17.0. The molecule has 31 heavy (non-hydrogen) atoms. The summed E-state index contributed by atoms with van der Waals surface area (Å²) in [5, 5.41) is 5.75. The van der Waals surface area contributed by atoms with Gasteiger partial charge in [-0.25, -0.2) is 0 Å². The molecule has 1 aromatic carbocycles. The van der Waals surface area contributed by atoms with Crippen molar-refractivity contribution >= 4 is 29.3 Å². The summed E-state index contributed by atoms with van der Waals surface area (Å²) in [6.07, 6.45) is 6.39. The van der Waals surface area contributed by atoms with E-state index < -0.39 is 5.91 Å². The average molecular weight is 442 g/mol. The molecule has 2 N–H and O–H groups in total. The molecule has 2 heterocycles. The number of benzene rings is 1. The molecule has 2 aliphatic rings. The quantitative estimate of drug-likeness (QED) is 0.642. The Morgan fingerprint density at radius 2 is 1.77 bits per heavy atom. The SMILES string of the molecule is O=C(NCc1ccco1)c1ccc(CNC2=C(Cl)C(=O)N(C3CCCCC3)C2=O)cc1. The summed E-state index contributed by atoms with van der Waals surface area (Å²) in [4.78, 5) is 38.9. The van der Waals surface area contributed by atoms with Gasteiger partial charge in [-0.05, 0) is 42.7 Å². The van der Waals surface area contributed by atoms with Gasteiger partial charge in [0.05, 0.1) is 12.8 Å². The molecule has 0 saturated heterocycles. The fraction of sp³-hybridized carbons (Fsp3) is 0.348. The van der Waals surface area contributed by atoms with Crippen LogP contribution in [0.3, 0.4) is 0 Å². The molecular formula is C23H24ClN3O4. The third kappa shape index (κ3) is 4.66. The molecule has 0 atom stereocenters. The summed E-state index contributed by atoms with van der Waals surface area (Å²) in [6.45, 7) is 0.632. The smallest absolute Gasteiger partial charge is 0.278 e. The number of nitrogens with zero attached hydrogens (tertiary/aromatic N) is 1. The van der Waals surface area contributed by atoms with Crippen LogP contribution in [-0.4, -0.2) is 28.7 Å². The first-order valence-electron chi connectivity index (χ1n) is 10.5. The van der Waals surface area contributed by atoms with Crippen LogP contribution in [0.5, 0.6) is 0 Å². The Hall–Kier alpha value is -3.06. The standard InChI is InChI=1S/C23H24ClN3O4/c24-19-20(23(30)27(22(19)29)17-5-2-1-3-6-17)25-13-15-8-10-16(11-9-15)21(28)26-14-18-7-4-12-31-18/h4,7-12,17,25H,1-3,5-6,13-14H2,(H,26,28). The molecule has 162 valence electrons. The molecule has 1 saturated carbocycles. The predicted molar refractivity (Wildman–Crippen MR) is 115 cm³/mol. The normalized spacial score (nSPS) is 17.4. The minimum Gasteiger partial charge on any atom is -0.467 e. The van der Waals surface area contributed by atoms with Gasteiger partial charge in [-0.15, -0.1) is 0 Å². The lowest BCUT2D eigenvalue weighted by molar-refractivity contribution is -0.140. The van der Waals surface area contributed by atoms with Gasteiger partial charge in [-0.3, -0.25) is 19.3 Å². The van der Waals surface area contributed by atoms with E-state index in [2.05, 4.69) is 10.6 Å². The first kappa shape index (κ1) is 21.2. The zero-order valence-corrected chi connectivity index (χ0v) is 17.8. The lowest BCUT2D eigenvalue weighted by Crippen LogP contribution is -2.43. The maximum atomic E-state index is 12.8. The van der Waals surface area contributed by atoms with Crippen LogP contribution in [0, 0.1) is 0 Å². The number of furan rings is 1. The minimum atomic E-state index is -0.412. The van der Waals surface area contributed by atoms with Gasteiger partial charge in [-0.1, -0.05) is 43.0 Å². The van der Waals surface area contributed by atoms with Crippen molar-refractivity contribution in [2.45, 2.75) is 51.2 Å². The third-order valence-corrected chi connectivity index (χ3v) is 6.04. The van der Waals surface area contributed by atoms with Gasteiger partial charge < -0.3 is 15.1 Å². The van der Waals surface area contributed by atoms with Crippen LogP contribution in [0.15, 0.2) is 57.8 Å². The maximum Gasteiger partial charge on any atom is 0.278 e. The number of hydrogen-bond acceptors (Lipinski definition) is 5. The van der Waals surface area contributed by atoms with Crippen molar-refractivity contribution in [2.75, 3.05) is 0 Å². The van der Waals surface area contributed by atoms with E-state index in [4.69, 9.17) is 16.0 Å². The molecule has 2 aromatic rings. The Kier molecular flexibility index (Phi) is 6.42. The van der Waals surface area contributed by atoms with Gasteiger partial charge in [0.1, 0.15) is 16.5 Å². The van der Waals surface area contributed by atoms with E-state index in [0.717, 1.165) is 37.7 Å². The minimum absolute atomic E-state index is 0.0514. The number of nitrogens with one attached hydrogen (secondary N) is 2. The number of hydrogen-bond donors (Lipinski definition) is 2. The number of rotatable bonds is 7. The third-order valence-electron chi connectivity index (χ3n) is 5.69. The molecule has 8 heteroatoms. The monoisotopic (exact) mass is 441 g/mol. The summed E-state index contributed by atoms with van der Waals surface area (Å²) in [7, 11) is 0. The lowest BCUT2D eigenvalue weighted by Gasteiger charge is -2.29. The Morgan fingerprint density at radius 1 is 1.03 bits per heavy atom. The topological polar surface area (TPSA) is 91.7 Å². The second-order valence-corrected chi connectivity index (χ2v) is 8.15. The molecule has 3 amide bonds. The Labute approximate surface area is 185 Å². The van der Waals surface area contributed by atoms with Crippen molar-refractivity contribution in [3.8, 4) is 0 Å². The Bertz CT molecular complexity index is 992. The van der Waals surface area contributed by atoms with Crippen molar-refractivity contribution in [3.63, 3.8) is 0 Å². The average Bonchev–Trinajstić information content (AvgIpc) is 3.39. The van der Waals surface area contributed by atoms with E-state index in [9.17, 15) is 14.4 Å². The first-order chi connectivity index (χ1) is 15.0. The second-order valence-electron chi connectivity index (χ2n) is 7.77. The van der Waals surface area contributed by atoms with Crippen LogP contribution < -0.4 is 10.6 Å². The Balaban J connectivity index is 1.33. The van der Waals surface area contributed by atoms with Crippen molar-refractivity contribution in [2.24, 2.45) is 0 Å². The molecular weight excluding hydrogens is 418 g/mol. The fourth-order valence-electron chi connectivity index (χ4n) is 3.99. The van der Waals surface area contributed by atoms with Gasteiger partial charge >= 0.3 is 0 Å². The van der Waals surface area contributed by atoms with Crippen LogP contribution in [-0.2, 0) is 22.7 Å². The van der Waals surface area contributed by atoms with E-state index in [1.165, 1.54) is 4.90 Å². The molecule has 1 aromatic heterocycles. The second kappa shape index (κ2) is 9.39. The van der Waals surface area contributed by atoms with Crippen molar-refractivity contribution in [3.05, 3.63) is 70.3 Å². The van der Waals surface area contributed by atoms with Gasteiger partial charge in [0, 0.05) is 18.2 Å². The molecule has 4 rings (SSSR count). The van der Waals surface area contributed by atoms with Crippen LogP contribution in [0.1, 0.15) is 53.8 Å². The summed E-state index contributed by atoms with van der Waals surface area (Å²) < 4.78 is 5.20. The lowest BCUT2D eigenvalue weighted by atomic mass is 9.94. The fourth-order valence-corrected chi connectivity index (χ4v) is 4.23. The molecule has 0 bridgehead atoms. The van der Waals surface area contributed by atoms with E-state index in [1.54, 1.807) is 42.7 Å². The van der Waals surface area contributed by atoms with Gasteiger partial charge in [0.25, 0.3) is 17.7 Å². The summed E-state index contributed by atoms with van der Waals surface area (Å²) in [6, 6.07) is 10.5. The van der Waals surface area contributed by atoms with Gasteiger partial charge in [0.2, 0.25) is 0 Å². The van der Waals surface area contributed by atoms with Crippen molar-refractivity contribution in [1.82, 2.24) is 15.5 Å². The number of amides is 3. The highest BCUT2D eigenvalue weighted by Gasteiger charge is 2.41. The van der Waals surface area contributed by atoms with E-state index in [1.807, 2.05) is 0 Å². The van der Waals surface area contributed by atoms with E-state index in [0.29, 0.717) is 24.4 Å². The van der Waals surface area contributed by atoms with Crippen LogP contribution in [0.25, 0.3) is 0 Å². The van der Waals surface area contributed by atoms with Crippen molar-refractivity contribution in [1.29, 1.82) is 0 Å². The summed E-state index contributed by atoms with van der Waals surface area (Å²) >= 11 is 6.19. The number of carbonyl (C=O) groups excluding carboxylic acids is 3. The van der Waals surface area contributed by atoms with Crippen molar-refractivity contribution < 1.29 is 18.8 Å². The molecule has 7 nitrogen and oxygen atoms in total.